The van der Waals surface area contributed by atoms with Crippen molar-refractivity contribution in [1.29, 1.82) is 0 Å². The van der Waals surface area contributed by atoms with Crippen molar-refractivity contribution in [3.63, 3.8) is 0 Å². The summed E-state index contributed by atoms with van der Waals surface area (Å²) in [6, 6.07) is 8.09. The van der Waals surface area contributed by atoms with Crippen molar-refractivity contribution in [1.82, 2.24) is 24.4 Å². The van der Waals surface area contributed by atoms with Crippen molar-refractivity contribution in [3.8, 4) is 11.3 Å². The molecule has 0 saturated carbocycles. The van der Waals surface area contributed by atoms with E-state index in [4.69, 9.17) is 16.3 Å². The smallest absolute Gasteiger partial charge is 0.225 e. The molecule has 152 valence electrons. The lowest BCUT2D eigenvalue weighted by Crippen LogP contribution is -2.37. The van der Waals surface area contributed by atoms with Crippen LogP contribution in [0.5, 0.6) is 0 Å². The zero-order valence-electron chi connectivity index (χ0n) is 16.7. The highest BCUT2D eigenvalue weighted by Gasteiger charge is 2.20. The molecule has 1 unspecified atom stereocenters. The lowest BCUT2D eigenvalue weighted by Gasteiger charge is -2.27. The van der Waals surface area contributed by atoms with Gasteiger partial charge in [-0.05, 0) is 25.7 Å². The molecule has 1 atom stereocenters. The Hall–Kier alpha value is -2.48. The van der Waals surface area contributed by atoms with E-state index in [-0.39, 0.29) is 6.04 Å². The molecule has 1 fully saturated rings. The van der Waals surface area contributed by atoms with Gasteiger partial charge in [0, 0.05) is 42.6 Å². The average molecular weight is 413 g/mol. The van der Waals surface area contributed by atoms with Gasteiger partial charge in [-0.3, -0.25) is 0 Å². The largest absolute Gasteiger partial charge is 0.378 e. The summed E-state index contributed by atoms with van der Waals surface area (Å²) in [6.07, 6.45) is 7.43. The van der Waals surface area contributed by atoms with Crippen LogP contribution in [0.15, 0.2) is 49.2 Å². The van der Waals surface area contributed by atoms with Crippen molar-refractivity contribution in [2.24, 2.45) is 0 Å². The van der Waals surface area contributed by atoms with Crippen LogP contribution in [0.3, 0.4) is 0 Å². The molecule has 8 heteroatoms. The van der Waals surface area contributed by atoms with Crippen LogP contribution in [-0.4, -0.2) is 64.8 Å². The first kappa shape index (κ1) is 19.8. The van der Waals surface area contributed by atoms with Crippen molar-refractivity contribution < 1.29 is 4.74 Å². The van der Waals surface area contributed by atoms with E-state index in [9.17, 15) is 0 Å². The van der Waals surface area contributed by atoms with E-state index in [1.54, 1.807) is 0 Å². The summed E-state index contributed by atoms with van der Waals surface area (Å²) >= 11 is 6.47. The van der Waals surface area contributed by atoms with Gasteiger partial charge in [-0.15, -0.1) is 0 Å². The van der Waals surface area contributed by atoms with E-state index in [2.05, 4.69) is 49.5 Å². The number of imidazole rings is 1. The number of morpholine rings is 1. The molecule has 0 bridgehead atoms. The normalized spacial score (nSPS) is 15.7. The van der Waals surface area contributed by atoms with Crippen molar-refractivity contribution >= 4 is 17.5 Å². The Morgan fingerprint density at radius 1 is 1.10 bits per heavy atom. The topological polar surface area (TPSA) is 59.3 Å². The maximum absolute atomic E-state index is 6.47. The Labute approximate surface area is 175 Å². The summed E-state index contributed by atoms with van der Waals surface area (Å²) in [5.74, 6) is 0.741. The number of benzene rings is 1. The lowest BCUT2D eigenvalue weighted by atomic mass is 10.1. The van der Waals surface area contributed by atoms with Gasteiger partial charge in [-0.2, -0.15) is 0 Å². The van der Waals surface area contributed by atoms with E-state index in [1.807, 2.05) is 43.1 Å². The monoisotopic (exact) mass is 412 g/mol. The summed E-state index contributed by atoms with van der Waals surface area (Å²) in [6.45, 7) is 3.79. The van der Waals surface area contributed by atoms with E-state index in [0.29, 0.717) is 13.2 Å². The van der Waals surface area contributed by atoms with Crippen LogP contribution in [0.4, 0.5) is 5.95 Å². The minimum atomic E-state index is 0.116. The van der Waals surface area contributed by atoms with Gasteiger partial charge >= 0.3 is 0 Å². The molecule has 29 heavy (non-hydrogen) atoms. The standard InChI is InChI=1S/C21H25ClN6O/c1-26(2)20(17-5-3-4-6-18(17)22)14-28-15-23-13-19(28)16-11-24-21(25-12-16)27-7-9-29-10-8-27/h3-6,11-13,15,20H,7-10,14H2,1-2H3. The second-order valence-corrected chi connectivity index (χ2v) is 7.71. The summed E-state index contributed by atoms with van der Waals surface area (Å²) in [5, 5.41) is 0.770. The van der Waals surface area contributed by atoms with E-state index < -0.39 is 0 Å². The first-order valence-electron chi connectivity index (χ1n) is 9.69. The number of likely N-dealkylation sites (N-methyl/N-ethyl adjacent to an activating group) is 1. The minimum Gasteiger partial charge on any atom is -0.378 e. The van der Waals surface area contributed by atoms with Crippen molar-refractivity contribution in [3.05, 3.63) is 59.8 Å². The number of aromatic nitrogens is 4. The summed E-state index contributed by atoms with van der Waals surface area (Å²) in [5.41, 5.74) is 3.02. The minimum absolute atomic E-state index is 0.116. The maximum atomic E-state index is 6.47. The molecule has 0 aliphatic carbocycles. The van der Waals surface area contributed by atoms with Crippen LogP contribution < -0.4 is 4.90 Å². The molecular formula is C21H25ClN6O. The highest BCUT2D eigenvalue weighted by atomic mass is 35.5. The molecule has 1 aliphatic heterocycles. The van der Waals surface area contributed by atoms with Gasteiger partial charge in [0.15, 0.2) is 0 Å². The summed E-state index contributed by atoms with van der Waals surface area (Å²) in [7, 11) is 4.12. The zero-order valence-corrected chi connectivity index (χ0v) is 17.5. The lowest BCUT2D eigenvalue weighted by molar-refractivity contribution is 0.122. The van der Waals surface area contributed by atoms with E-state index in [1.165, 1.54) is 0 Å². The molecule has 1 saturated heterocycles. The molecular weight excluding hydrogens is 388 g/mol. The Morgan fingerprint density at radius 2 is 1.83 bits per heavy atom. The Morgan fingerprint density at radius 3 is 2.52 bits per heavy atom. The van der Waals surface area contributed by atoms with Crippen LogP contribution in [0.25, 0.3) is 11.3 Å². The SMILES string of the molecule is CN(C)C(Cn1cncc1-c1cnc(N2CCOCC2)nc1)c1ccccc1Cl. The molecule has 0 radical (unpaired) electrons. The molecule has 7 nitrogen and oxygen atoms in total. The first-order chi connectivity index (χ1) is 14.1. The van der Waals surface area contributed by atoms with Crippen LogP contribution in [0.2, 0.25) is 5.02 Å². The van der Waals surface area contributed by atoms with Gasteiger partial charge < -0.3 is 19.1 Å². The molecule has 0 spiro atoms. The second-order valence-electron chi connectivity index (χ2n) is 7.30. The van der Waals surface area contributed by atoms with Gasteiger partial charge in [0.2, 0.25) is 5.95 Å². The third-order valence-corrected chi connectivity index (χ3v) is 5.54. The van der Waals surface area contributed by atoms with Crippen LogP contribution in [0.1, 0.15) is 11.6 Å². The van der Waals surface area contributed by atoms with Gasteiger partial charge in [0.25, 0.3) is 0 Å². The third kappa shape index (κ3) is 4.42. The first-order valence-corrected chi connectivity index (χ1v) is 10.1. The fourth-order valence-corrected chi connectivity index (χ4v) is 3.82. The Balaban J connectivity index is 1.57. The van der Waals surface area contributed by atoms with Gasteiger partial charge in [-0.25, -0.2) is 15.0 Å². The molecule has 2 aromatic heterocycles. The predicted octanol–water partition coefficient (Wildman–Crippen LogP) is 3.13. The summed E-state index contributed by atoms with van der Waals surface area (Å²) in [4.78, 5) is 17.8. The summed E-state index contributed by atoms with van der Waals surface area (Å²) < 4.78 is 7.52. The highest BCUT2D eigenvalue weighted by molar-refractivity contribution is 6.31. The van der Waals surface area contributed by atoms with Gasteiger partial charge in [0.1, 0.15) is 0 Å². The number of hydrogen-bond donors (Lipinski definition) is 0. The molecule has 0 N–H and O–H groups in total. The van der Waals surface area contributed by atoms with Crippen LogP contribution in [0, 0.1) is 0 Å². The van der Waals surface area contributed by atoms with Gasteiger partial charge in [-0.1, -0.05) is 29.8 Å². The van der Waals surface area contributed by atoms with Crippen LogP contribution >= 0.6 is 11.6 Å². The number of halogens is 1. The Bertz CT molecular complexity index is 936. The Kier molecular flexibility index (Phi) is 6.08. The molecule has 1 aliphatic rings. The van der Waals surface area contributed by atoms with E-state index >= 15 is 0 Å². The quantitative estimate of drug-likeness (QED) is 0.620. The number of hydrogen-bond acceptors (Lipinski definition) is 6. The van der Waals surface area contributed by atoms with Gasteiger partial charge in [0.05, 0.1) is 37.5 Å². The second kappa shape index (κ2) is 8.90. The number of nitrogens with zero attached hydrogens (tertiary/aromatic N) is 6. The average Bonchev–Trinajstić information content (AvgIpc) is 3.21. The zero-order chi connectivity index (χ0) is 20.2. The number of rotatable bonds is 6. The maximum Gasteiger partial charge on any atom is 0.225 e. The predicted molar refractivity (Wildman–Crippen MR) is 114 cm³/mol. The molecule has 3 aromatic rings. The highest BCUT2D eigenvalue weighted by Crippen LogP contribution is 2.29. The third-order valence-electron chi connectivity index (χ3n) is 5.20. The fourth-order valence-electron chi connectivity index (χ4n) is 3.56. The number of ether oxygens (including phenoxy) is 1. The molecule has 4 rings (SSSR count). The van der Waals surface area contributed by atoms with Crippen molar-refractivity contribution in [2.75, 3.05) is 45.3 Å². The fraction of sp³-hybridized carbons (Fsp3) is 0.381. The number of anilines is 1. The molecule has 0 amide bonds. The van der Waals surface area contributed by atoms with E-state index in [0.717, 1.165) is 47.4 Å². The molecule has 3 heterocycles. The van der Waals surface area contributed by atoms with Crippen molar-refractivity contribution in [2.45, 2.75) is 12.6 Å². The van der Waals surface area contributed by atoms with Crippen LogP contribution in [-0.2, 0) is 11.3 Å². The molecule has 1 aromatic carbocycles.